The van der Waals surface area contributed by atoms with Crippen LogP contribution in [0.2, 0.25) is 0 Å². The quantitative estimate of drug-likeness (QED) is 0.641. The van der Waals surface area contributed by atoms with Crippen LogP contribution >= 0.6 is 0 Å². The van der Waals surface area contributed by atoms with Crippen LogP contribution in [-0.2, 0) is 6.54 Å². The van der Waals surface area contributed by atoms with E-state index >= 15 is 0 Å². The van der Waals surface area contributed by atoms with Gasteiger partial charge in [0.05, 0.1) is 11.5 Å². The first-order valence-corrected chi connectivity index (χ1v) is 4.91. The molecule has 2 aromatic rings. The van der Waals surface area contributed by atoms with Crippen LogP contribution in [0.15, 0.2) is 29.1 Å². The third-order valence-corrected chi connectivity index (χ3v) is 2.26. The van der Waals surface area contributed by atoms with E-state index in [-0.39, 0.29) is 5.69 Å². The third-order valence-electron chi connectivity index (χ3n) is 2.26. The molecule has 1 aromatic carbocycles. The van der Waals surface area contributed by atoms with Crippen molar-refractivity contribution in [1.82, 2.24) is 10.1 Å². The smallest absolute Gasteiger partial charge is 0.274 e. The zero-order valence-corrected chi connectivity index (χ0v) is 9.08. The number of rotatable bonds is 4. The predicted molar refractivity (Wildman–Crippen MR) is 59.5 cm³/mol. The molecular formula is C10H10N4O3. The Hall–Kier alpha value is -2.44. The van der Waals surface area contributed by atoms with Crippen molar-refractivity contribution in [3.63, 3.8) is 0 Å². The fourth-order valence-corrected chi connectivity index (χ4v) is 1.37. The van der Waals surface area contributed by atoms with Crippen molar-refractivity contribution in [2.24, 2.45) is 0 Å². The second kappa shape index (κ2) is 4.60. The van der Waals surface area contributed by atoms with Gasteiger partial charge in [-0.15, -0.1) is 0 Å². The van der Waals surface area contributed by atoms with E-state index < -0.39 is 4.92 Å². The molecule has 0 amide bonds. The van der Waals surface area contributed by atoms with Crippen LogP contribution in [0.25, 0.3) is 0 Å². The van der Waals surface area contributed by atoms with Gasteiger partial charge in [-0.3, -0.25) is 10.1 Å². The number of nitro groups is 1. The second-order valence-corrected chi connectivity index (χ2v) is 3.46. The van der Waals surface area contributed by atoms with E-state index in [0.717, 1.165) is 0 Å². The van der Waals surface area contributed by atoms with Crippen LogP contribution in [0, 0.1) is 17.0 Å². The fourth-order valence-electron chi connectivity index (χ4n) is 1.37. The molecule has 1 aromatic heterocycles. The number of nitrogens with one attached hydrogen (secondary N) is 1. The predicted octanol–water partition coefficient (Wildman–Crippen LogP) is 1.90. The Kier molecular flexibility index (Phi) is 2.99. The number of aromatic nitrogens is 2. The minimum absolute atomic E-state index is 0.0862. The van der Waals surface area contributed by atoms with Gasteiger partial charge in [0.15, 0.2) is 5.82 Å². The third kappa shape index (κ3) is 2.57. The molecule has 0 fully saturated rings. The minimum atomic E-state index is -0.408. The molecule has 0 atom stereocenters. The number of benzene rings is 1. The molecule has 1 N–H and O–H groups in total. The lowest BCUT2D eigenvalue weighted by Gasteiger charge is -2.04. The number of nitrogens with zero attached hydrogens (tertiary/aromatic N) is 3. The summed E-state index contributed by atoms with van der Waals surface area (Å²) in [7, 11) is 0. The molecule has 0 aliphatic rings. The van der Waals surface area contributed by atoms with Gasteiger partial charge in [0, 0.05) is 17.3 Å². The average molecular weight is 234 g/mol. The maximum Gasteiger partial charge on any atom is 0.274 e. The van der Waals surface area contributed by atoms with Gasteiger partial charge in [-0.1, -0.05) is 11.2 Å². The van der Waals surface area contributed by atoms with Crippen molar-refractivity contribution < 1.29 is 9.45 Å². The molecule has 7 heteroatoms. The fraction of sp³-hybridized carbons (Fsp3) is 0.200. The molecule has 1 heterocycles. The van der Waals surface area contributed by atoms with E-state index in [0.29, 0.717) is 23.6 Å². The highest BCUT2D eigenvalue weighted by Crippen LogP contribution is 2.22. The number of hydrogen-bond acceptors (Lipinski definition) is 6. The van der Waals surface area contributed by atoms with Gasteiger partial charge < -0.3 is 9.84 Å². The molecule has 0 bridgehead atoms. The summed E-state index contributed by atoms with van der Waals surface area (Å²) in [5.41, 5.74) is 1.36. The lowest BCUT2D eigenvalue weighted by atomic mass is 10.2. The van der Waals surface area contributed by atoms with Crippen molar-refractivity contribution in [1.29, 1.82) is 0 Å². The maximum absolute atomic E-state index is 10.7. The van der Waals surface area contributed by atoms with Crippen LogP contribution in [0.5, 0.6) is 0 Å². The van der Waals surface area contributed by atoms with E-state index in [1.165, 1.54) is 12.5 Å². The molecule has 0 saturated carbocycles. The topological polar surface area (TPSA) is 94.1 Å². The summed E-state index contributed by atoms with van der Waals surface area (Å²) >= 11 is 0. The van der Waals surface area contributed by atoms with E-state index in [9.17, 15) is 10.1 Å². The lowest BCUT2D eigenvalue weighted by Crippen LogP contribution is -2.02. The molecule has 17 heavy (non-hydrogen) atoms. The van der Waals surface area contributed by atoms with E-state index in [4.69, 9.17) is 0 Å². The molecule has 0 unspecified atom stereocenters. The average Bonchev–Trinajstić information content (AvgIpc) is 2.80. The summed E-state index contributed by atoms with van der Waals surface area (Å²) in [4.78, 5) is 14.2. The summed E-state index contributed by atoms with van der Waals surface area (Å²) in [6.45, 7) is 2.05. The summed E-state index contributed by atoms with van der Waals surface area (Å²) in [5.74, 6) is 0.494. The Bertz CT molecular complexity index is 524. The Morgan fingerprint density at radius 2 is 2.35 bits per heavy atom. The summed E-state index contributed by atoms with van der Waals surface area (Å²) in [6.07, 6.45) is 1.23. The molecule has 0 aliphatic heterocycles. The standard InChI is InChI=1S/C10H10N4O3/c1-7-2-3-8(4-9(7)14(15)16)11-5-10-12-6-17-13-10/h2-4,6,11H,5H2,1H3. The van der Waals surface area contributed by atoms with E-state index in [1.807, 2.05) is 0 Å². The van der Waals surface area contributed by atoms with Gasteiger partial charge >= 0.3 is 0 Å². The van der Waals surface area contributed by atoms with Gasteiger partial charge in [-0.05, 0) is 13.0 Å². The van der Waals surface area contributed by atoms with Crippen molar-refractivity contribution in [2.75, 3.05) is 5.32 Å². The van der Waals surface area contributed by atoms with Crippen molar-refractivity contribution in [2.45, 2.75) is 13.5 Å². The van der Waals surface area contributed by atoms with Gasteiger partial charge in [0.2, 0.25) is 6.39 Å². The molecule has 0 saturated heterocycles. The monoisotopic (exact) mass is 234 g/mol. The number of nitro benzene ring substituents is 1. The largest absolute Gasteiger partial charge is 0.377 e. The van der Waals surface area contributed by atoms with Gasteiger partial charge in [0.25, 0.3) is 5.69 Å². The number of aryl methyl sites for hydroxylation is 1. The first kappa shape index (κ1) is 11.1. The Balaban J connectivity index is 2.11. The van der Waals surface area contributed by atoms with Gasteiger partial charge in [-0.2, -0.15) is 4.98 Å². The zero-order chi connectivity index (χ0) is 12.3. The van der Waals surface area contributed by atoms with Gasteiger partial charge in [0.1, 0.15) is 0 Å². The molecule has 88 valence electrons. The van der Waals surface area contributed by atoms with E-state index in [1.54, 1.807) is 19.1 Å². The maximum atomic E-state index is 10.7. The Morgan fingerprint density at radius 1 is 1.53 bits per heavy atom. The van der Waals surface area contributed by atoms with Crippen LogP contribution in [0.4, 0.5) is 11.4 Å². The molecular weight excluding hydrogens is 224 g/mol. The van der Waals surface area contributed by atoms with Crippen LogP contribution in [-0.4, -0.2) is 15.1 Å². The summed E-state index contributed by atoms with van der Waals surface area (Å²) in [5, 5.41) is 17.3. The van der Waals surface area contributed by atoms with E-state index in [2.05, 4.69) is 20.0 Å². The Morgan fingerprint density at radius 3 is 3.00 bits per heavy atom. The lowest BCUT2D eigenvalue weighted by molar-refractivity contribution is -0.385. The number of anilines is 1. The van der Waals surface area contributed by atoms with Crippen molar-refractivity contribution in [3.8, 4) is 0 Å². The minimum Gasteiger partial charge on any atom is -0.377 e. The number of hydrogen-bond donors (Lipinski definition) is 1. The molecule has 0 spiro atoms. The molecule has 2 rings (SSSR count). The summed E-state index contributed by atoms with van der Waals surface area (Å²) < 4.78 is 4.57. The first-order valence-electron chi connectivity index (χ1n) is 4.91. The zero-order valence-electron chi connectivity index (χ0n) is 9.08. The highest BCUT2D eigenvalue weighted by atomic mass is 16.6. The SMILES string of the molecule is Cc1ccc(NCc2ncon2)cc1[N+](=O)[O-]. The highest BCUT2D eigenvalue weighted by molar-refractivity contribution is 5.54. The van der Waals surface area contributed by atoms with Gasteiger partial charge in [-0.25, -0.2) is 0 Å². The van der Waals surface area contributed by atoms with Crippen molar-refractivity contribution >= 4 is 11.4 Å². The molecule has 0 radical (unpaired) electrons. The van der Waals surface area contributed by atoms with Crippen LogP contribution < -0.4 is 5.32 Å². The van der Waals surface area contributed by atoms with Crippen molar-refractivity contribution in [3.05, 3.63) is 46.1 Å². The van der Waals surface area contributed by atoms with Crippen LogP contribution in [0.3, 0.4) is 0 Å². The Labute approximate surface area is 96.6 Å². The van der Waals surface area contributed by atoms with Crippen LogP contribution in [0.1, 0.15) is 11.4 Å². The highest BCUT2D eigenvalue weighted by Gasteiger charge is 2.10. The first-order chi connectivity index (χ1) is 8.16. The second-order valence-electron chi connectivity index (χ2n) is 3.46. The molecule has 7 nitrogen and oxygen atoms in total. The summed E-state index contributed by atoms with van der Waals surface area (Å²) in [6, 6.07) is 4.94. The normalized spacial score (nSPS) is 10.2. The molecule has 0 aliphatic carbocycles.